The summed E-state index contributed by atoms with van der Waals surface area (Å²) in [6.07, 6.45) is 3.91. The maximum Gasteiger partial charge on any atom is 0.151 e. The van der Waals surface area contributed by atoms with Gasteiger partial charge in [0.1, 0.15) is 5.75 Å². The number of methoxy groups -OCH3 is 1. The number of pyridine rings is 1. The zero-order chi connectivity index (χ0) is 21.5. The molecule has 2 aromatic heterocycles. The van der Waals surface area contributed by atoms with Gasteiger partial charge in [0.05, 0.1) is 18.3 Å². The number of nitrogens with one attached hydrogen (secondary N) is 1. The van der Waals surface area contributed by atoms with Crippen LogP contribution in [-0.2, 0) is 0 Å². The molecule has 3 aromatic rings. The van der Waals surface area contributed by atoms with E-state index in [0.717, 1.165) is 46.6 Å². The Balaban J connectivity index is 1.62. The standard InChI is InChI=1S/C24H31N5O/c1-23(2)14-17(15-24(3,4)28-23)29(5)22-10-9-19(26-27-22)18-13-20-16(8-7-11-25-20)12-21(18)30-6/h7-13,17,28H,14-15H2,1-6H3. The van der Waals surface area contributed by atoms with Crippen molar-refractivity contribution in [1.82, 2.24) is 20.5 Å². The first-order valence-corrected chi connectivity index (χ1v) is 10.5. The highest BCUT2D eigenvalue weighted by Crippen LogP contribution is 2.34. The second-order valence-corrected chi connectivity index (χ2v) is 9.59. The van der Waals surface area contributed by atoms with Crippen LogP contribution in [0.2, 0.25) is 0 Å². The predicted molar refractivity (Wildman–Crippen MR) is 122 cm³/mol. The van der Waals surface area contributed by atoms with E-state index in [2.05, 4.69) is 60.1 Å². The van der Waals surface area contributed by atoms with Gasteiger partial charge in [0.15, 0.2) is 5.82 Å². The normalized spacial score (nSPS) is 18.3. The lowest BCUT2D eigenvalue weighted by Gasteiger charge is -2.49. The quantitative estimate of drug-likeness (QED) is 0.692. The van der Waals surface area contributed by atoms with Gasteiger partial charge in [0.25, 0.3) is 0 Å². The van der Waals surface area contributed by atoms with Crippen LogP contribution < -0.4 is 15.0 Å². The maximum atomic E-state index is 5.61. The van der Waals surface area contributed by atoms with Gasteiger partial charge in [0, 0.05) is 41.3 Å². The van der Waals surface area contributed by atoms with Crippen LogP contribution in [0.5, 0.6) is 5.75 Å². The Morgan fingerprint density at radius 2 is 1.77 bits per heavy atom. The molecule has 1 aliphatic heterocycles. The van der Waals surface area contributed by atoms with Crippen LogP contribution in [-0.4, -0.2) is 46.5 Å². The minimum absolute atomic E-state index is 0.0828. The van der Waals surface area contributed by atoms with Gasteiger partial charge in [-0.05, 0) is 70.9 Å². The monoisotopic (exact) mass is 405 g/mol. The number of piperidine rings is 1. The molecule has 30 heavy (non-hydrogen) atoms. The van der Waals surface area contributed by atoms with E-state index in [1.165, 1.54) is 0 Å². The third kappa shape index (κ3) is 4.10. The SMILES string of the molecule is COc1cc2cccnc2cc1-c1ccc(N(C)C2CC(C)(C)NC(C)(C)C2)nn1. The Hall–Kier alpha value is -2.73. The minimum Gasteiger partial charge on any atom is -0.496 e. The van der Waals surface area contributed by atoms with Crippen molar-refractivity contribution in [2.75, 3.05) is 19.1 Å². The van der Waals surface area contributed by atoms with Gasteiger partial charge in [-0.15, -0.1) is 10.2 Å². The van der Waals surface area contributed by atoms with E-state index >= 15 is 0 Å². The number of benzene rings is 1. The summed E-state index contributed by atoms with van der Waals surface area (Å²) < 4.78 is 5.61. The highest BCUT2D eigenvalue weighted by atomic mass is 16.5. The largest absolute Gasteiger partial charge is 0.496 e. The molecule has 0 saturated carbocycles. The van der Waals surface area contributed by atoms with Crippen LogP contribution in [0.15, 0.2) is 42.6 Å². The molecule has 0 aliphatic carbocycles. The van der Waals surface area contributed by atoms with E-state index in [4.69, 9.17) is 4.74 Å². The molecule has 6 nitrogen and oxygen atoms in total. The lowest BCUT2D eigenvalue weighted by Crippen LogP contribution is -2.62. The number of hydrogen-bond acceptors (Lipinski definition) is 6. The first kappa shape index (κ1) is 20.5. The van der Waals surface area contributed by atoms with Gasteiger partial charge in [0.2, 0.25) is 0 Å². The van der Waals surface area contributed by atoms with Crippen LogP contribution in [0.3, 0.4) is 0 Å². The van der Waals surface area contributed by atoms with Gasteiger partial charge in [-0.3, -0.25) is 4.98 Å². The molecule has 3 heterocycles. The Kier molecular flexibility index (Phi) is 5.14. The van der Waals surface area contributed by atoms with Crippen LogP contribution in [0, 0.1) is 0 Å². The first-order valence-electron chi connectivity index (χ1n) is 10.5. The summed E-state index contributed by atoms with van der Waals surface area (Å²) in [4.78, 5) is 6.72. The third-order valence-electron chi connectivity index (χ3n) is 5.93. The highest BCUT2D eigenvalue weighted by Gasteiger charge is 2.39. The average molecular weight is 406 g/mol. The lowest BCUT2D eigenvalue weighted by atomic mass is 9.79. The van der Waals surface area contributed by atoms with Crippen molar-refractivity contribution < 1.29 is 4.74 Å². The van der Waals surface area contributed by atoms with Gasteiger partial charge in [-0.2, -0.15) is 0 Å². The molecule has 0 spiro atoms. The minimum atomic E-state index is 0.0828. The second-order valence-electron chi connectivity index (χ2n) is 9.59. The van der Waals surface area contributed by atoms with Crippen molar-refractivity contribution in [2.45, 2.75) is 57.7 Å². The summed E-state index contributed by atoms with van der Waals surface area (Å²) in [7, 11) is 3.80. The highest BCUT2D eigenvalue weighted by molar-refractivity contribution is 5.87. The van der Waals surface area contributed by atoms with Gasteiger partial charge in [-0.25, -0.2) is 0 Å². The number of rotatable bonds is 4. The average Bonchev–Trinajstić information content (AvgIpc) is 2.70. The molecule has 0 unspecified atom stereocenters. The molecule has 4 rings (SSSR count). The van der Waals surface area contributed by atoms with E-state index in [1.54, 1.807) is 13.3 Å². The summed E-state index contributed by atoms with van der Waals surface area (Å²) in [6, 6.07) is 12.4. The van der Waals surface area contributed by atoms with Crippen molar-refractivity contribution in [3.05, 3.63) is 42.6 Å². The first-order chi connectivity index (χ1) is 14.2. The number of ether oxygens (including phenoxy) is 1. The Morgan fingerprint density at radius 3 is 2.40 bits per heavy atom. The molecule has 0 bridgehead atoms. The number of hydrogen-bond donors (Lipinski definition) is 1. The van der Waals surface area contributed by atoms with Crippen LogP contribution in [0.25, 0.3) is 22.2 Å². The summed E-state index contributed by atoms with van der Waals surface area (Å²) in [6.45, 7) is 9.07. The fraction of sp³-hybridized carbons (Fsp3) is 0.458. The summed E-state index contributed by atoms with van der Waals surface area (Å²) in [5, 5.41) is 13.9. The summed E-state index contributed by atoms with van der Waals surface area (Å²) in [5.41, 5.74) is 2.76. The number of aromatic nitrogens is 3. The third-order valence-corrected chi connectivity index (χ3v) is 5.93. The van der Waals surface area contributed by atoms with Crippen LogP contribution in [0.1, 0.15) is 40.5 Å². The van der Waals surface area contributed by atoms with Gasteiger partial charge < -0.3 is 15.0 Å². The number of nitrogens with zero attached hydrogens (tertiary/aromatic N) is 4. The second kappa shape index (κ2) is 7.51. The molecule has 1 aliphatic rings. The summed E-state index contributed by atoms with van der Waals surface area (Å²) in [5.74, 6) is 1.66. The molecule has 6 heteroatoms. The zero-order valence-corrected chi connectivity index (χ0v) is 18.7. The van der Waals surface area contributed by atoms with Gasteiger partial charge in [-0.1, -0.05) is 6.07 Å². The zero-order valence-electron chi connectivity index (χ0n) is 18.7. The van der Waals surface area contributed by atoms with Crippen molar-refractivity contribution in [3.63, 3.8) is 0 Å². The Labute approximate surface area is 178 Å². The van der Waals surface area contributed by atoms with Gasteiger partial charge >= 0.3 is 0 Å². The number of anilines is 1. The molecule has 0 amide bonds. The van der Waals surface area contributed by atoms with Crippen LogP contribution in [0.4, 0.5) is 5.82 Å². The topological polar surface area (TPSA) is 63.2 Å². The number of fused-ring (bicyclic) bond motifs is 1. The van der Waals surface area contributed by atoms with Crippen molar-refractivity contribution in [2.24, 2.45) is 0 Å². The molecule has 1 fully saturated rings. The van der Waals surface area contributed by atoms with E-state index in [0.29, 0.717) is 6.04 Å². The van der Waals surface area contributed by atoms with Crippen molar-refractivity contribution in [3.8, 4) is 17.0 Å². The fourth-order valence-electron chi connectivity index (χ4n) is 4.85. The molecule has 1 saturated heterocycles. The molecule has 158 valence electrons. The molecule has 0 atom stereocenters. The predicted octanol–water partition coefficient (Wildman–Crippen LogP) is 4.45. The van der Waals surface area contributed by atoms with E-state index in [9.17, 15) is 0 Å². The molecule has 0 radical (unpaired) electrons. The Bertz CT molecular complexity index is 1030. The van der Waals surface area contributed by atoms with E-state index in [1.807, 2.05) is 36.4 Å². The Morgan fingerprint density at radius 1 is 1.03 bits per heavy atom. The molecular formula is C24H31N5O. The maximum absolute atomic E-state index is 5.61. The molecule has 1 N–H and O–H groups in total. The van der Waals surface area contributed by atoms with Crippen molar-refractivity contribution in [1.29, 1.82) is 0 Å². The summed E-state index contributed by atoms with van der Waals surface area (Å²) >= 11 is 0. The van der Waals surface area contributed by atoms with Crippen LogP contribution >= 0.6 is 0 Å². The fourth-order valence-corrected chi connectivity index (χ4v) is 4.85. The van der Waals surface area contributed by atoms with E-state index in [-0.39, 0.29) is 11.1 Å². The van der Waals surface area contributed by atoms with Crippen molar-refractivity contribution >= 4 is 16.7 Å². The smallest absolute Gasteiger partial charge is 0.151 e. The molecule has 1 aromatic carbocycles. The lowest BCUT2D eigenvalue weighted by molar-refractivity contribution is 0.160. The van der Waals surface area contributed by atoms with E-state index < -0.39 is 0 Å². The molecular weight excluding hydrogens is 374 g/mol.